The molecule has 158 valence electrons. The zero-order valence-corrected chi connectivity index (χ0v) is 18.4. The topological polar surface area (TPSA) is 49.8 Å². The lowest BCUT2D eigenvalue weighted by Crippen LogP contribution is -2.21. The van der Waals surface area contributed by atoms with Gasteiger partial charge in [-0.15, -0.1) is 0 Å². The first-order valence-electron chi connectivity index (χ1n) is 10.5. The lowest BCUT2D eigenvalue weighted by molar-refractivity contribution is 0.0697. The first kappa shape index (κ1) is 22.8. The summed E-state index contributed by atoms with van der Waals surface area (Å²) >= 11 is 0. The van der Waals surface area contributed by atoms with Crippen LogP contribution in [0.1, 0.15) is 68.3 Å². The molecule has 2 unspecified atom stereocenters. The maximum Gasteiger partial charge on any atom is 0.335 e. The molecule has 0 aromatic heterocycles. The zero-order valence-electron chi connectivity index (χ0n) is 18.4. The molecule has 2 rings (SSSR count). The minimum Gasteiger partial charge on any atom is -0.497 e. The summed E-state index contributed by atoms with van der Waals surface area (Å²) in [7, 11) is 3.87. The molecular formula is C25H35NO3. The van der Waals surface area contributed by atoms with Crippen LogP contribution >= 0.6 is 0 Å². The maximum atomic E-state index is 11.0. The van der Waals surface area contributed by atoms with E-state index in [1.54, 1.807) is 19.2 Å². The van der Waals surface area contributed by atoms with Crippen molar-refractivity contribution < 1.29 is 14.6 Å². The molecule has 1 aromatic rings. The highest BCUT2D eigenvalue weighted by Crippen LogP contribution is 2.26. The zero-order chi connectivity index (χ0) is 21.4. The summed E-state index contributed by atoms with van der Waals surface area (Å²) < 4.78 is 5.48. The van der Waals surface area contributed by atoms with Gasteiger partial charge in [-0.1, -0.05) is 31.6 Å². The Labute approximate surface area is 175 Å². The minimum absolute atomic E-state index is 0.343. The van der Waals surface area contributed by atoms with E-state index >= 15 is 0 Å². The van der Waals surface area contributed by atoms with E-state index in [1.807, 2.05) is 12.1 Å². The summed E-state index contributed by atoms with van der Waals surface area (Å²) in [5.41, 5.74) is 4.13. The number of allylic oxidation sites excluding steroid dienone is 4. The molecule has 0 amide bonds. The van der Waals surface area contributed by atoms with Gasteiger partial charge in [-0.05, 0) is 74.3 Å². The maximum absolute atomic E-state index is 11.0. The van der Waals surface area contributed by atoms with Gasteiger partial charge in [0.05, 0.1) is 12.7 Å². The van der Waals surface area contributed by atoms with Crippen LogP contribution in [0.4, 0.5) is 0 Å². The fourth-order valence-corrected chi connectivity index (χ4v) is 3.73. The molecule has 0 fully saturated rings. The number of benzene rings is 1. The molecule has 1 N–H and O–H groups in total. The highest BCUT2D eigenvalue weighted by atomic mass is 16.5. The number of rotatable bonds is 9. The van der Waals surface area contributed by atoms with Crippen molar-refractivity contribution in [1.29, 1.82) is 0 Å². The van der Waals surface area contributed by atoms with E-state index < -0.39 is 5.97 Å². The van der Waals surface area contributed by atoms with Crippen LogP contribution in [0.5, 0.6) is 0 Å². The van der Waals surface area contributed by atoms with E-state index in [9.17, 15) is 4.79 Å². The van der Waals surface area contributed by atoms with E-state index in [4.69, 9.17) is 9.84 Å². The second-order valence-corrected chi connectivity index (χ2v) is 8.29. The molecule has 0 aliphatic heterocycles. The van der Waals surface area contributed by atoms with Crippen LogP contribution in [0.3, 0.4) is 0 Å². The number of likely N-dealkylation sites (N-methyl/N-ethyl adjacent to an activating group) is 1. The van der Waals surface area contributed by atoms with Crippen LogP contribution in [-0.4, -0.2) is 36.7 Å². The Balaban J connectivity index is 1.92. The largest absolute Gasteiger partial charge is 0.497 e. The lowest BCUT2D eigenvalue weighted by atomic mass is 9.89. The van der Waals surface area contributed by atoms with Crippen molar-refractivity contribution in [3.8, 4) is 0 Å². The molecule has 1 aromatic carbocycles. The predicted molar refractivity (Wildman–Crippen MR) is 119 cm³/mol. The van der Waals surface area contributed by atoms with Crippen molar-refractivity contribution in [3.05, 3.63) is 70.6 Å². The first-order chi connectivity index (χ1) is 13.8. The Morgan fingerprint density at radius 3 is 2.52 bits per heavy atom. The molecule has 1 aliphatic carbocycles. The van der Waals surface area contributed by atoms with Crippen molar-refractivity contribution in [2.75, 3.05) is 20.7 Å². The smallest absolute Gasteiger partial charge is 0.335 e. The number of aromatic carboxylic acids is 1. The first-order valence-corrected chi connectivity index (χ1v) is 10.5. The summed E-state index contributed by atoms with van der Waals surface area (Å²) in [5.74, 6) is 1.04. The average molecular weight is 398 g/mol. The van der Waals surface area contributed by atoms with Crippen molar-refractivity contribution in [3.63, 3.8) is 0 Å². The molecular weight excluding hydrogens is 362 g/mol. The van der Waals surface area contributed by atoms with Crippen LogP contribution in [0, 0.1) is 5.92 Å². The number of carbonyl (C=O) groups is 1. The van der Waals surface area contributed by atoms with Gasteiger partial charge in [0.1, 0.15) is 5.76 Å². The van der Waals surface area contributed by atoms with E-state index in [0.717, 1.165) is 38.0 Å². The van der Waals surface area contributed by atoms with Crippen molar-refractivity contribution in [2.45, 2.75) is 52.4 Å². The summed E-state index contributed by atoms with van der Waals surface area (Å²) in [5, 5.41) is 9.05. The molecule has 0 saturated carbocycles. The van der Waals surface area contributed by atoms with Gasteiger partial charge in [0.25, 0.3) is 0 Å². The number of hydrogen-bond donors (Lipinski definition) is 1. The summed E-state index contributed by atoms with van der Waals surface area (Å²) in [6.45, 7) is 7.69. The highest BCUT2D eigenvalue weighted by molar-refractivity contribution is 5.87. The number of nitrogens with zero attached hydrogens (tertiary/aromatic N) is 1. The molecule has 0 saturated heterocycles. The molecule has 29 heavy (non-hydrogen) atoms. The Hall–Kier alpha value is -2.49. The van der Waals surface area contributed by atoms with Gasteiger partial charge in [0.15, 0.2) is 0 Å². The minimum atomic E-state index is -0.875. The Kier molecular flexibility index (Phi) is 8.56. The second-order valence-electron chi connectivity index (χ2n) is 8.29. The van der Waals surface area contributed by atoms with E-state index in [0.29, 0.717) is 17.4 Å². The van der Waals surface area contributed by atoms with Gasteiger partial charge < -0.3 is 14.7 Å². The Morgan fingerprint density at radius 1 is 1.21 bits per heavy atom. The van der Waals surface area contributed by atoms with Crippen LogP contribution in [0.25, 0.3) is 0 Å². The van der Waals surface area contributed by atoms with Crippen molar-refractivity contribution in [1.82, 2.24) is 4.90 Å². The van der Waals surface area contributed by atoms with Gasteiger partial charge >= 0.3 is 5.97 Å². The van der Waals surface area contributed by atoms with Gasteiger partial charge in [0, 0.05) is 25.4 Å². The molecule has 0 heterocycles. The third-order valence-corrected chi connectivity index (χ3v) is 5.68. The molecule has 0 bridgehead atoms. The number of hydrogen-bond acceptors (Lipinski definition) is 3. The van der Waals surface area contributed by atoms with Crippen LogP contribution in [-0.2, 0) is 4.74 Å². The third-order valence-electron chi connectivity index (χ3n) is 5.68. The molecule has 4 nitrogen and oxygen atoms in total. The Bertz CT molecular complexity index is 774. The lowest BCUT2D eigenvalue weighted by Gasteiger charge is -2.25. The second kappa shape index (κ2) is 10.9. The van der Waals surface area contributed by atoms with E-state index in [1.165, 1.54) is 16.8 Å². The molecule has 2 atom stereocenters. The molecule has 0 radical (unpaired) electrons. The van der Waals surface area contributed by atoms with Crippen LogP contribution in [0.15, 0.2) is 59.5 Å². The number of ether oxygens (including phenoxy) is 1. The highest BCUT2D eigenvalue weighted by Gasteiger charge is 2.14. The predicted octanol–water partition coefficient (Wildman–Crippen LogP) is 5.99. The van der Waals surface area contributed by atoms with Crippen molar-refractivity contribution >= 4 is 5.97 Å². The van der Waals surface area contributed by atoms with Crippen LogP contribution < -0.4 is 0 Å². The number of methoxy groups -OCH3 is 1. The Morgan fingerprint density at radius 2 is 1.90 bits per heavy atom. The van der Waals surface area contributed by atoms with E-state index in [2.05, 4.69) is 50.9 Å². The van der Waals surface area contributed by atoms with Gasteiger partial charge in [-0.25, -0.2) is 4.79 Å². The molecule has 0 spiro atoms. The summed E-state index contributed by atoms with van der Waals surface area (Å²) in [6.07, 6.45) is 10.8. The number of carboxylic acid groups (broad SMARTS) is 1. The standard InChI is InChI=1S/C25H35NO3/c1-18-7-6-8-24(29-5)17-23(16-18)26(4)14-13-19(2)15-20(3)21-9-11-22(12-10-21)25(27)28/h8-12,16-17,19-20H,6-7,13-15H2,1-5H3,(H,27,28)/b18-16+,23-17?,24-8?. The summed E-state index contributed by atoms with van der Waals surface area (Å²) in [4.78, 5) is 13.3. The summed E-state index contributed by atoms with van der Waals surface area (Å²) in [6, 6.07) is 7.28. The van der Waals surface area contributed by atoms with Gasteiger partial charge in [0.2, 0.25) is 0 Å². The normalized spacial score (nSPS) is 18.3. The monoisotopic (exact) mass is 397 g/mol. The molecule has 1 aliphatic rings. The number of carboxylic acids is 1. The molecule has 4 heteroatoms. The average Bonchev–Trinajstić information content (AvgIpc) is 2.68. The van der Waals surface area contributed by atoms with Crippen LogP contribution in [0.2, 0.25) is 0 Å². The van der Waals surface area contributed by atoms with Crippen molar-refractivity contribution in [2.24, 2.45) is 5.92 Å². The quantitative estimate of drug-likeness (QED) is 0.556. The fraction of sp³-hybridized carbons (Fsp3) is 0.480. The van der Waals surface area contributed by atoms with Gasteiger partial charge in [-0.2, -0.15) is 0 Å². The fourth-order valence-electron chi connectivity index (χ4n) is 3.73. The SMILES string of the molecule is COC1=CCC/C(C)=C/C(N(C)CCC(C)CC(C)c2ccc(C(=O)O)cc2)=C1. The third kappa shape index (κ3) is 7.12. The van der Waals surface area contributed by atoms with E-state index in [-0.39, 0.29) is 0 Å². The van der Waals surface area contributed by atoms with Gasteiger partial charge in [-0.3, -0.25) is 0 Å².